The Bertz CT molecular complexity index is 1160. The van der Waals surface area contributed by atoms with Gasteiger partial charge in [-0.2, -0.15) is 0 Å². The highest BCUT2D eigenvalue weighted by Crippen LogP contribution is 2.40. The van der Waals surface area contributed by atoms with E-state index >= 15 is 0 Å². The van der Waals surface area contributed by atoms with Crippen LogP contribution in [0.1, 0.15) is 143 Å². The van der Waals surface area contributed by atoms with Crippen molar-refractivity contribution in [3.05, 3.63) is 69.3 Å². The molecule has 1 aliphatic carbocycles. The Balaban J connectivity index is 0.00000187. The minimum atomic E-state index is -0.0918. The van der Waals surface area contributed by atoms with Crippen molar-refractivity contribution in [1.82, 2.24) is 0 Å². The molecule has 0 saturated heterocycles. The largest absolute Gasteiger partial charge is 0.300 e. The Hall–Kier alpha value is -2.55. The van der Waals surface area contributed by atoms with Crippen LogP contribution < -0.4 is 0 Å². The lowest BCUT2D eigenvalue weighted by atomic mass is 9.70. The molecule has 3 atom stereocenters. The third-order valence-electron chi connectivity index (χ3n) is 8.65. The minimum Gasteiger partial charge on any atom is -0.300 e. The van der Waals surface area contributed by atoms with Gasteiger partial charge in [-0.3, -0.25) is 14.4 Å². The fraction of sp³-hybridized carbons (Fsp3) is 0.605. The van der Waals surface area contributed by atoms with Gasteiger partial charge in [0.1, 0.15) is 11.6 Å². The van der Waals surface area contributed by atoms with Gasteiger partial charge in [-0.25, -0.2) is 0 Å². The van der Waals surface area contributed by atoms with E-state index in [1.54, 1.807) is 0 Å². The van der Waals surface area contributed by atoms with Gasteiger partial charge in [0.25, 0.3) is 0 Å². The molecule has 0 radical (unpaired) electrons. The number of aryl methyl sites for hydroxylation is 3. The summed E-state index contributed by atoms with van der Waals surface area (Å²) in [4.78, 5) is 38.3. The summed E-state index contributed by atoms with van der Waals surface area (Å²) >= 11 is 0. The summed E-state index contributed by atoms with van der Waals surface area (Å²) in [6, 6.07) is 11.1. The van der Waals surface area contributed by atoms with Crippen molar-refractivity contribution in [3.8, 4) is 0 Å². The zero-order valence-corrected chi connectivity index (χ0v) is 27.5. The van der Waals surface area contributed by atoms with Gasteiger partial charge in [-0.15, -0.1) is 0 Å². The quantitative estimate of drug-likeness (QED) is 0.229. The minimum absolute atomic E-state index is 0.0349. The fourth-order valence-electron chi connectivity index (χ4n) is 6.69. The van der Waals surface area contributed by atoms with Gasteiger partial charge in [0, 0.05) is 17.9 Å². The Morgan fingerprint density at radius 3 is 2.12 bits per heavy atom. The topological polar surface area (TPSA) is 51.2 Å². The maximum absolute atomic E-state index is 13.7. The number of rotatable bonds is 13. The van der Waals surface area contributed by atoms with Crippen LogP contribution in [0.2, 0.25) is 0 Å². The average Bonchev–Trinajstić information content (AvgIpc) is 2.89. The van der Waals surface area contributed by atoms with Gasteiger partial charge in [-0.05, 0) is 98.4 Å². The van der Waals surface area contributed by atoms with Crippen molar-refractivity contribution in [2.45, 2.75) is 132 Å². The van der Waals surface area contributed by atoms with E-state index in [-0.39, 0.29) is 41.5 Å². The molecule has 1 aliphatic rings. The van der Waals surface area contributed by atoms with Crippen LogP contribution in [-0.2, 0) is 28.9 Å². The highest BCUT2D eigenvalue weighted by molar-refractivity contribution is 6.01. The number of carbonyl (C=O) groups is 3. The second kappa shape index (κ2) is 16.8. The second-order valence-electron chi connectivity index (χ2n) is 12.8. The Kier molecular flexibility index (Phi) is 14.2. The average molecular weight is 561 g/mol. The number of benzene rings is 2. The molecule has 3 nitrogen and oxygen atoms in total. The summed E-state index contributed by atoms with van der Waals surface area (Å²) in [5.74, 6) is 1.03. The summed E-state index contributed by atoms with van der Waals surface area (Å²) in [6.07, 6.45) is 8.28. The first-order valence-electron chi connectivity index (χ1n) is 16.2. The van der Waals surface area contributed by atoms with E-state index in [0.717, 1.165) is 56.1 Å². The lowest BCUT2D eigenvalue weighted by molar-refractivity contribution is -0.129. The van der Waals surface area contributed by atoms with Gasteiger partial charge < -0.3 is 0 Å². The fourth-order valence-corrected chi connectivity index (χ4v) is 6.69. The van der Waals surface area contributed by atoms with Gasteiger partial charge in [0.05, 0.1) is 6.42 Å². The Morgan fingerprint density at radius 2 is 1.59 bits per heavy atom. The molecule has 3 rings (SSSR count). The molecule has 0 spiro atoms. The van der Waals surface area contributed by atoms with Crippen LogP contribution in [0.3, 0.4) is 0 Å². The molecule has 226 valence electrons. The molecule has 3 unspecified atom stereocenters. The van der Waals surface area contributed by atoms with E-state index in [2.05, 4.69) is 85.7 Å². The zero-order valence-electron chi connectivity index (χ0n) is 27.5. The third kappa shape index (κ3) is 9.76. The summed E-state index contributed by atoms with van der Waals surface area (Å²) in [7, 11) is 0. The molecular weight excluding hydrogens is 504 g/mol. The molecule has 0 aliphatic heterocycles. The maximum atomic E-state index is 13.7. The van der Waals surface area contributed by atoms with Gasteiger partial charge >= 0.3 is 0 Å². The summed E-state index contributed by atoms with van der Waals surface area (Å²) in [5, 5.41) is 0. The molecule has 2 aromatic rings. The molecule has 41 heavy (non-hydrogen) atoms. The van der Waals surface area contributed by atoms with Crippen LogP contribution in [0.4, 0.5) is 0 Å². The van der Waals surface area contributed by atoms with Crippen molar-refractivity contribution in [3.63, 3.8) is 0 Å². The van der Waals surface area contributed by atoms with Crippen LogP contribution in [0.5, 0.6) is 0 Å². The van der Waals surface area contributed by atoms with Crippen molar-refractivity contribution >= 4 is 17.3 Å². The lowest BCUT2D eigenvalue weighted by Crippen LogP contribution is -2.30. The number of fused-ring (bicyclic) bond motifs is 1. The van der Waals surface area contributed by atoms with E-state index in [9.17, 15) is 14.4 Å². The molecule has 0 fully saturated rings. The normalized spacial score (nSPS) is 16.0. The zero-order chi connectivity index (χ0) is 30.7. The molecule has 0 amide bonds. The van der Waals surface area contributed by atoms with Crippen LogP contribution in [-0.4, -0.2) is 17.3 Å². The maximum Gasteiger partial charge on any atom is 0.163 e. The van der Waals surface area contributed by atoms with Crippen LogP contribution in [0.15, 0.2) is 30.3 Å². The molecule has 0 N–H and O–H groups in total. The van der Waals surface area contributed by atoms with E-state index in [1.807, 2.05) is 0 Å². The predicted molar refractivity (Wildman–Crippen MR) is 173 cm³/mol. The van der Waals surface area contributed by atoms with Crippen molar-refractivity contribution in [2.24, 2.45) is 17.8 Å². The molecule has 0 bridgehead atoms. The highest BCUT2D eigenvalue weighted by Gasteiger charge is 2.34. The number of Topliss-reactive ketones (excluding diaryl/α,β-unsaturated/α-hetero) is 3. The lowest BCUT2D eigenvalue weighted by Gasteiger charge is -2.33. The van der Waals surface area contributed by atoms with Gasteiger partial charge in [0.2, 0.25) is 0 Å². The monoisotopic (exact) mass is 560 g/mol. The first kappa shape index (κ1) is 34.7. The number of hydrogen-bond donors (Lipinski definition) is 0. The first-order chi connectivity index (χ1) is 19.5. The van der Waals surface area contributed by atoms with Crippen molar-refractivity contribution in [2.75, 3.05) is 0 Å². The second-order valence-corrected chi connectivity index (χ2v) is 12.8. The molecule has 0 saturated carbocycles. The summed E-state index contributed by atoms with van der Waals surface area (Å²) < 4.78 is 0. The highest BCUT2D eigenvalue weighted by atomic mass is 16.1. The molecule has 3 heteroatoms. The molecule has 0 aromatic heterocycles. The van der Waals surface area contributed by atoms with E-state index in [1.165, 1.54) is 41.2 Å². The van der Waals surface area contributed by atoms with Crippen molar-refractivity contribution in [1.29, 1.82) is 0 Å². The van der Waals surface area contributed by atoms with Crippen LogP contribution >= 0.6 is 0 Å². The third-order valence-corrected chi connectivity index (χ3v) is 8.65. The number of ketones is 3. The molecular formula is C38H56O3. The van der Waals surface area contributed by atoms with Gasteiger partial charge in [-0.1, -0.05) is 96.7 Å². The van der Waals surface area contributed by atoms with Crippen molar-refractivity contribution < 1.29 is 14.4 Å². The Labute approximate surface area is 250 Å². The smallest absolute Gasteiger partial charge is 0.163 e. The SMILES string of the molecule is CCC.CCCC(CC1CC(=O)c2c(C)c(CCc3ccc(C)cc3)cc(C(C)C)c2C1)C(CC)C(=O)CC(C)=O. The van der Waals surface area contributed by atoms with Crippen LogP contribution in [0, 0.1) is 31.6 Å². The summed E-state index contributed by atoms with van der Waals surface area (Å²) in [6.45, 7) is 18.7. The summed E-state index contributed by atoms with van der Waals surface area (Å²) in [5.41, 5.74) is 8.59. The number of carbonyl (C=O) groups excluding carboxylic acids is 3. The van der Waals surface area contributed by atoms with Gasteiger partial charge in [0.15, 0.2) is 5.78 Å². The van der Waals surface area contributed by atoms with E-state index in [0.29, 0.717) is 12.3 Å². The predicted octanol–water partition coefficient (Wildman–Crippen LogP) is 9.75. The molecule has 2 aromatic carbocycles. The van der Waals surface area contributed by atoms with Crippen LogP contribution in [0.25, 0.3) is 0 Å². The number of hydrogen-bond acceptors (Lipinski definition) is 3. The Morgan fingerprint density at radius 1 is 0.951 bits per heavy atom. The standard InChI is InChI=1S/C35H48O3.C3H8/c1-8-10-29(30(9-2)33(37)17-24(6)36)18-27-19-32-31(22(3)4)21-28(25(7)35(32)34(38)20-27)16-15-26-13-11-23(5)12-14-26;1-3-2/h11-14,21-22,27,29-30H,8-10,15-20H2,1-7H3;3H2,1-2H3. The molecule has 0 heterocycles. The van der Waals surface area contributed by atoms with E-state index < -0.39 is 0 Å². The first-order valence-corrected chi connectivity index (χ1v) is 16.2. The van der Waals surface area contributed by atoms with E-state index in [4.69, 9.17) is 0 Å².